The summed E-state index contributed by atoms with van der Waals surface area (Å²) >= 11 is 0. The van der Waals surface area contributed by atoms with Gasteiger partial charge in [0.05, 0.1) is 25.3 Å². The molecule has 2 aliphatic heterocycles. The Bertz CT molecular complexity index is 923. The van der Waals surface area contributed by atoms with E-state index < -0.39 is 0 Å². The minimum absolute atomic E-state index is 0.00834. The number of nitrogens with zero attached hydrogens (tertiary/aromatic N) is 4. The molecular formula is C23H30N4O2. The molecule has 1 saturated heterocycles. The first-order valence-electron chi connectivity index (χ1n) is 10.6. The maximum absolute atomic E-state index is 5.95. The molecule has 6 heteroatoms. The van der Waals surface area contributed by atoms with Gasteiger partial charge in [-0.05, 0) is 63.5 Å². The van der Waals surface area contributed by atoms with Crippen molar-refractivity contribution in [1.29, 1.82) is 0 Å². The summed E-state index contributed by atoms with van der Waals surface area (Å²) in [6, 6.07) is 10.2. The summed E-state index contributed by atoms with van der Waals surface area (Å²) in [6.45, 7) is 6.47. The van der Waals surface area contributed by atoms with Gasteiger partial charge in [0.25, 0.3) is 0 Å². The molecule has 154 valence electrons. The van der Waals surface area contributed by atoms with Gasteiger partial charge in [-0.25, -0.2) is 4.98 Å². The predicted octanol–water partition coefficient (Wildman–Crippen LogP) is 2.57. The molecule has 3 heterocycles. The Morgan fingerprint density at radius 3 is 2.66 bits per heavy atom. The molecule has 0 bridgehead atoms. The predicted molar refractivity (Wildman–Crippen MR) is 115 cm³/mol. The van der Waals surface area contributed by atoms with Crippen LogP contribution in [0.25, 0.3) is 6.20 Å². The van der Waals surface area contributed by atoms with E-state index in [-0.39, 0.29) is 6.17 Å². The average Bonchev–Trinajstić information content (AvgIpc) is 2.77. The number of benzene rings is 1. The van der Waals surface area contributed by atoms with Crippen molar-refractivity contribution in [2.75, 3.05) is 38.3 Å². The lowest BCUT2D eigenvalue weighted by atomic mass is 10.1. The first-order valence-corrected chi connectivity index (χ1v) is 10.6. The summed E-state index contributed by atoms with van der Waals surface area (Å²) in [7, 11) is 1.63. The molecule has 0 amide bonds. The lowest BCUT2D eigenvalue weighted by Gasteiger charge is -2.27. The second-order valence-electron chi connectivity index (χ2n) is 7.68. The smallest absolute Gasteiger partial charge is 0.213 e. The lowest BCUT2D eigenvalue weighted by Crippen LogP contribution is -2.41. The number of pyridine rings is 1. The molecule has 1 fully saturated rings. The fourth-order valence-corrected chi connectivity index (χ4v) is 3.95. The molecule has 0 spiro atoms. The minimum atomic E-state index is 0.00834. The molecule has 1 aromatic carbocycles. The molecule has 4 rings (SSSR count). The molecule has 0 aliphatic carbocycles. The van der Waals surface area contributed by atoms with Crippen LogP contribution in [0.15, 0.2) is 41.5 Å². The van der Waals surface area contributed by atoms with Gasteiger partial charge in [-0.3, -0.25) is 4.99 Å². The van der Waals surface area contributed by atoms with Crippen LogP contribution in [-0.2, 0) is 0 Å². The fraction of sp³-hybridized carbons (Fsp3) is 0.478. The number of piperidine rings is 1. The zero-order valence-electron chi connectivity index (χ0n) is 17.4. The van der Waals surface area contributed by atoms with Crippen LogP contribution < -0.4 is 24.9 Å². The van der Waals surface area contributed by atoms with Crippen LogP contribution >= 0.6 is 0 Å². The molecule has 29 heavy (non-hydrogen) atoms. The number of aromatic nitrogens is 1. The second kappa shape index (κ2) is 9.27. The van der Waals surface area contributed by atoms with Gasteiger partial charge in [-0.15, -0.1) is 0 Å². The fourth-order valence-electron chi connectivity index (χ4n) is 3.95. The molecule has 1 aromatic heterocycles. The highest BCUT2D eigenvalue weighted by Crippen LogP contribution is 2.23. The monoisotopic (exact) mass is 394 g/mol. The van der Waals surface area contributed by atoms with Crippen molar-refractivity contribution in [3.63, 3.8) is 0 Å². The van der Waals surface area contributed by atoms with E-state index in [1.807, 2.05) is 18.2 Å². The summed E-state index contributed by atoms with van der Waals surface area (Å²) in [4.78, 5) is 13.7. The number of fused-ring (bicyclic) bond motifs is 1. The molecule has 2 aromatic rings. The first kappa shape index (κ1) is 19.7. The van der Waals surface area contributed by atoms with Crippen molar-refractivity contribution in [2.45, 2.75) is 38.8 Å². The Hall–Kier alpha value is -2.60. The van der Waals surface area contributed by atoms with Crippen LogP contribution in [0, 0.1) is 0 Å². The minimum Gasteiger partial charge on any atom is -0.494 e. The Kier molecular flexibility index (Phi) is 6.30. The summed E-state index contributed by atoms with van der Waals surface area (Å²) in [5.41, 5.74) is 1.09. The topological polar surface area (TPSA) is 50.2 Å². The molecule has 0 N–H and O–H groups in total. The van der Waals surface area contributed by atoms with Gasteiger partial charge in [0.1, 0.15) is 11.9 Å². The van der Waals surface area contributed by atoms with Crippen LogP contribution in [0.4, 0.5) is 5.69 Å². The second-order valence-corrected chi connectivity index (χ2v) is 7.68. The van der Waals surface area contributed by atoms with Crippen LogP contribution in [0.3, 0.4) is 0 Å². The Morgan fingerprint density at radius 2 is 1.90 bits per heavy atom. The quantitative estimate of drug-likeness (QED) is 0.676. The molecule has 0 saturated carbocycles. The third kappa shape index (κ3) is 4.88. The molecular weight excluding hydrogens is 364 g/mol. The zero-order chi connectivity index (χ0) is 20.1. The van der Waals surface area contributed by atoms with E-state index in [9.17, 15) is 0 Å². The number of methoxy groups -OCH3 is 1. The standard InChI is InChI=1S/C23H30N4O2/c1-18-25-22-16-24-23(28-2)15-19(22)17-27(18)20-7-9-21(10-8-20)29-14-6-13-26-11-4-3-5-12-26/h7-10,15-18H,3-6,11-14H2,1-2H3. The van der Waals surface area contributed by atoms with Gasteiger partial charge in [-0.2, -0.15) is 0 Å². The van der Waals surface area contributed by atoms with Crippen molar-refractivity contribution in [2.24, 2.45) is 4.99 Å². The molecule has 1 unspecified atom stereocenters. The van der Waals surface area contributed by atoms with Crippen molar-refractivity contribution in [3.8, 4) is 11.6 Å². The van der Waals surface area contributed by atoms with Gasteiger partial charge in [0.2, 0.25) is 5.88 Å². The summed E-state index contributed by atoms with van der Waals surface area (Å²) < 4.78 is 11.2. The number of anilines is 1. The largest absolute Gasteiger partial charge is 0.494 e. The Morgan fingerprint density at radius 1 is 1.10 bits per heavy atom. The van der Waals surface area contributed by atoms with E-state index in [1.54, 1.807) is 13.3 Å². The molecule has 6 nitrogen and oxygen atoms in total. The normalized spacial score (nSPS) is 19.1. The van der Waals surface area contributed by atoms with Gasteiger partial charge in [-0.1, -0.05) is 6.42 Å². The highest BCUT2D eigenvalue weighted by atomic mass is 16.5. The zero-order valence-corrected chi connectivity index (χ0v) is 17.4. The number of hydrogen-bond acceptors (Lipinski definition) is 6. The molecule has 2 aliphatic rings. The first-order chi connectivity index (χ1) is 14.2. The number of likely N-dealkylation sites (tertiary alicyclic amines) is 1. The maximum atomic E-state index is 5.95. The summed E-state index contributed by atoms with van der Waals surface area (Å²) in [5.74, 6) is 1.51. The Labute approximate surface area is 172 Å². The summed E-state index contributed by atoms with van der Waals surface area (Å²) in [5, 5.41) is 1.90. The molecule has 0 radical (unpaired) electrons. The van der Waals surface area contributed by atoms with Crippen LogP contribution in [0.1, 0.15) is 32.6 Å². The van der Waals surface area contributed by atoms with Gasteiger partial charge >= 0.3 is 0 Å². The number of ether oxygens (including phenoxy) is 2. The van der Waals surface area contributed by atoms with E-state index in [1.165, 1.54) is 32.4 Å². The van der Waals surface area contributed by atoms with Crippen molar-refractivity contribution in [1.82, 2.24) is 9.88 Å². The number of rotatable bonds is 7. The van der Waals surface area contributed by atoms with Gasteiger partial charge in [0.15, 0.2) is 0 Å². The van der Waals surface area contributed by atoms with Gasteiger partial charge in [0, 0.05) is 29.7 Å². The van der Waals surface area contributed by atoms with E-state index >= 15 is 0 Å². The van der Waals surface area contributed by atoms with Crippen molar-refractivity contribution >= 4 is 11.9 Å². The lowest BCUT2D eigenvalue weighted by molar-refractivity contribution is 0.205. The number of hydrogen-bond donors (Lipinski definition) is 0. The van der Waals surface area contributed by atoms with Gasteiger partial charge < -0.3 is 19.3 Å². The molecule has 1 atom stereocenters. The van der Waals surface area contributed by atoms with E-state index in [0.717, 1.165) is 41.6 Å². The Balaban J connectivity index is 1.36. The third-order valence-corrected chi connectivity index (χ3v) is 5.58. The van der Waals surface area contributed by atoms with Crippen LogP contribution in [-0.4, -0.2) is 49.4 Å². The van der Waals surface area contributed by atoms with E-state index in [4.69, 9.17) is 14.5 Å². The summed E-state index contributed by atoms with van der Waals surface area (Å²) in [6.07, 6.45) is 9.02. The third-order valence-electron chi connectivity index (χ3n) is 5.58. The average molecular weight is 395 g/mol. The van der Waals surface area contributed by atoms with E-state index in [0.29, 0.717) is 5.88 Å². The maximum Gasteiger partial charge on any atom is 0.213 e. The van der Waals surface area contributed by atoms with Crippen LogP contribution in [0.2, 0.25) is 0 Å². The van der Waals surface area contributed by atoms with Crippen molar-refractivity contribution in [3.05, 3.63) is 47.1 Å². The van der Waals surface area contributed by atoms with E-state index in [2.05, 4.69) is 40.0 Å². The van der Waals surface area contributed by atoms with Crippen molar-refractivity contribution < 1.29 is 9.47 Å². The SMILES string of the molecule is COc1cc2c(cn1)=NC(C)N(c1ccc(OCCCN3CCCCC3)cc1)C=2. The highest BCUT2D eigenvalue weighted by Gasteiger charge is 2.15. The van der Waals surface area contributed by atoms with Crippen LogP contribution in [0.5, 0.6) is 11.6 Å². The highest BCUT2D eigenvalue weighted by molar-refractivity contribution is 5.61.